The van der Waals surface area contributed by atoms with E-state index < -0.39 is 12.1 Å². The van der Waals surface area contributed by atoms with E-state index in [1.54, 1.807) is 13.0 Å². The van der Waals surface area contributed by atoms with Crippen LogP contribution in [0.5, 0.6) is 5.75 Å². The molecule has 0 saturated carbocycles. The van der Waals surface area contributed by atoms with E-state index in [4.69, 9.17) is 20.4 Å². The van der Waals surface area contributed by atoms with E-state index in [2.05, 4.69) is 0 Å². The molecule has 1 aromatic rings. The Labute approximate surface area is 163 Å². The lowest BCUT2D eigenvalue weighted by atomic mass is 10.2. The lowest BCUT2D eigenvalue weighted by Gasteiger charge is -2.14. The Balaban J connectivity index is 0.000000480. The van der Waals surface area contributed by atoms with Crippen molar-refractivity contribution in [3.05, 3.63) is 34.7 Å². The molecule has 2 rings (SSSR count). The van der Waals surface area contributed by atoms with Crippen molar-refractivity contribution in [2.75, 3.05) is 13.2 Å². The van der Waals surface area contributed by atoms with E-state index in [0.717, 1.165) is 23.1 Å². The summed E-state index contributed by atoms with van der Waals surface area (Å²) >= 11 is 0.945. The van der Waals surface area contributed by atoms with Crippen LogP contribution in [0.2, 0.25) is 0 Å². The first-order valence-corrected chi connectivity index (χ1v) is 8.81. The molecule has 1 heterocycles. The van der Waals surface area contributed by atoms with Gasteiger partial charge in [-0.05, 0) is 49.4 Å². The first kappa shape index (κ1) is 23.5. The molecule has 0 radical (unpaired) electrons. The Morgan fingerprint density at radius 1 is 1.32 bits per heavy atom. The Morgan fingerprint density at radius 3 is 2.29 bits per heavy atom. The quantitative estimate of drug-likeness (QED) is 0.705. The highest BCUT2D eigenvalue weighted by Crippen LogP contribution is 2.32. The number of carbonyl (C=O) groups excluding carboxylic acids is 2. The lowest BCUT2D eigenvalue weighted by molar-refractivity contribution is -0.192. The fraction of sp³-hybridized carbons (Fsp3) is 0.353. The maximum Gasteiger partial charge on any atom is 0.490 e. The van der Waals surface area contributed by atoms with Gasteiger partial charge in [-0.3, -0.25) is 14.5 Å². The number of halogens is 3. The van der Waals surface area contributed by atoms with E-state index in [0.29, 0.717) is 11.5 Å². The second-order valence-corrected chi connectivity index (χ2v) is 6.57. The monoisotopic (exact) mass is 420 g/mol. The number of nitrogens with two attached hydrogens (primary N) is 1. The number of carboxylic acids is 1. The molecule has 1 aliphatic heterocycles. The average molecular weight is 420 g/mol. The number of carboxylic acid groups (broad SMARTS) is 1. The van der Waals surface area contributed by atoms with Crippen LogP contribution in [0.3, 0.4) is 0 Å². The highest BCUT2D eigenvalue weighted by molar-refractivity contribution is 8.18. The van der Waals surface area contributed by atoms with Crippen LogP contribution in [0, 0.1) is 0 Å². The van der Waals surface area contributed by atoms with Gasteiger partial charge in [0.05, 0.1) is 11.5 Å². The summed E-state index contributed by atoms with van der Waals surface area (Å²) in [5, 5.41) is 6.86. The van der Waals surface area contributed by atoms with Gasteiger partial charge >= 0.3 is 12.1 Å². The summed E-state index contributed by atoms with van der Waals surface area (Å²) in [7, 11) is 0. The number of alkyl halides is 3. The van der Waals surface area contributed by atoms with E-state index in [1.165, 1.54) is 4.90 Å². The lowest BCUT2D eigenvalue weighted by Crippen LogP contribution is -2.38. The van der Waals surface area contributed by atoms with Crippen LogP contribution in [0.15, 0.2) is 29.2 Å². The highest BCUT2D eigenvalue weighted by Gasteiger charge is 2.38. The molecule has 0 aromatic heterocycles. The standard InChI is InChI=1S/C15H18N2O3S.C2HF3O2/c1-3-20-12-6-4-11(5-7-12)8-13-14(18)17(9-10(2)16)15(19)21-13;3-2(4,5)1(6)7/h4-8,10H,3,9,16H2,1-2H3;(H,6,7)/b13-8-;. The molecule has 1 unspecified atom stereocenters. The third kappa shape index (κ3) is 7.24. The van der Waals surface area contributed by atoms with Crippen LogP contribution in [-0.4, -0.2) is 52.5 Å². The molecule has 0 aliphatic carbocycles. The van der Waals surface area contributed by atoms with Crippen LogP contribution in [0.4, 0.5) is 18.0 Å². The fourth-order valence-corrected chi connectivity index (χ4v) is 2.77. The van der Waals surface area contributed by atoms with Crippen LogP contribution >= 0.6 is 11.8 Å². The second-order valence-electron chi connectivity index (χ2n) is 5.57. The molecule has 1 aromatic carbocycles. The smallest absolute Gasteiger partial charge is 0.490 e. The van der Waals surface area contributed by atoms with Crippen LogP contribution in [0.25, 0.3) is 6.08 Å². The number of imide groups is 1. The van der Waals surface area contributed by atoms with Crippen LogP contribution in [0.1, 0.15) is 19.4 Å². The normalized spacial score (nSPS) is 16.6. The summed E-state index contributed by atoms with van der Waals surface area (Å²) in [6, 6.07) is 7.14. The molecule has 0 bridgehead atoms. The second kappa shape index (κ2) is 10.1. The molecule has 154 valence electrons. The zero-order valence-corrected chi connectivity index (χ0v) is 15.8. The van der Waals surface area contributed by atoms with Crippen molar-refractivity contribution in [3.8, 4) is 5.75 Å². The number of hydrogen-bond donors (Lipinski definition) is 2. The van der Waals surface area contributed by atoms with Crippen LogP contribution < -0.4 is 10.5 Å². The molecule has 1 aliphatic rings. The van der Waals surface area contributed by atoms with Crippen molar-refractivity contribution in [3.63, 3.8) is 0 Å². The topological polar surface area (TPSA) is 110 Å². The number of aliphatic carboxylic acids is 1. The molecule has 2 amide bonds. The third-order valence-electron chi connectivity index (χ3n) is 3.08. The molecule has 28 heavy (non-hydrogen) atoms. The summed E-state index contributed by atoms with van der Waals surface area (Å²) in [6.07, 6.45) is -3.37. The molecule has 1 fully saturated rings. The number of amides is 2. The number of rotatable bonds is 5. The molecule has 3 N–H and O–H groups in total. The number of carbonyl (C=O) groups is 3. The molecule has 7 nitrogen and oxygen atoms in total. The van der Waals surface area contributed by atoms with E-state index >= 15 is 0 Å². The van der Waals surface area contributed by atoms with Gasteiger partial charge in [-0.2, -0.15) is 13.2 Å². The minimum Gasteiger partial charge on any atom is -0.494 e. The predicted molar refractivity (Wildman–Crippen MR) is 97.6 cm³/mol. The Bertz CT molecular complexity index is 748. The largest absolute Gasteiger partial charge is 0.494 e. The van der Waals surface area contributed by atoms with Gasteiger partial charge in [0.15, 0.2) is 0 Å². The molecular weight excluding hydrogens is 401 g/mol. The van der Waals surface area contributed by atoms with Gasteiger partial charge in [-0.25, -0.2) is 4.79 Å². The number of thioether (sulfide) groups is 1. The maximum absolute atomic E-state index is 12.2. The van der Waals surface area contributed by atoms with E-state index in [9.17, 15) is 22.8 Å². The summed E-state index contributed by atoms with van der Waals surface area (Å²) < 4.78 is 37.1. The number of ether oxygens (including phenoxy) is 1. The number of nitrogens with zero attached hydrogens (tertiary/aromatic N) is 1. The van der Waals surface area contributed by atoms with Gasteiger partial charge in [0.1, 0.15) is 5.75 Å². The Morgan fingerprint density at radius 2 is 1.86 bits per heavy atom. The zero-order valence-electron chi connectivity index (χ0n) is 15.0. The number of hydrogen-bond acceptors (Lipinski definition) is 6. The van der Waals surface area contributed by atoms with Crippen LogP contribution in [-0.2, 0) is 9.59 Å². The molecule has 0 spiro atoms. The molecule has 1 saturated heterocycles. The van der Waals surface area contributed by atoms with Crippen molar-refractivity contribution in [1.82, 2.24) is 4.90 Å². The SMILES string of the molecule is CCOc1ccc(/C=C2\SC(=O)N(CC(C)N)C2=O)cc1.O=C(O)C(F)(F)F. The zero-order chi connectivity index (χ0) is 21.5. The molecule has 1 atom stereocenters. The summed E-state index contributed by atoms with van der Waals surface area (Å²) in [4.78, 5) is 34.5. The van der Waals surface area contributed by atoms with E-state index in [-0.39, 0.29) is 23.7 Å². The van der Waals surface area contributed by atoms with Gasteiger partial charge in [0.25, 0.3) is 11.1 Å². The minimum atomic E-state index is -5.08. The Kier molecular flexibility index (Phi) is 8.51. The highest BCUT2D eigenvalue weighted by atomic mass is 32.2. The van der Waals surface area contributed by atoms with Gasteiger partial charge < -0.3 is 15.6 Å². The summed E-state index contributed by atoms with van der Waals surface area (Å²) in [5.74, 6) is -2.26. The van der Waals surface area contributed by atoms with E-state index in [1.807, 2.05) is 31.2 Å². The first-order valence-electron chi connectivity index (χ1n) is 7.99. The Hall–Kier alpha value is -2.53. The van der Waals surface area contributed by atoms with Gasteiger partial charge in [0, 0.05) is 12.6 Å². The predicted octanol–water partition coefficient (Wildman–Crippen LogP) is 3.10. The van der Waals surface area contributed by atoms with Gasteiger partial charge in [0.2, 0.25) is 0 Å². The average Bonchev–Trinajstić information content (AvgIpc) is 2.84. The molecular formula is C17H19F3N2O5S. The van der Waals surface area contributed by atoms with Crippen molar-refractivity contribution >= 4 is 35.0 Å². The molecule has 11 heteroatoms. The van der Waals surface area contributed by atoms with Crippen molar-refractivity contribution in [1.29, 1.82) is 0 Å². The van der Waals surface area contributed by atoms with Gasteiger partial charge in [-0.1, -0.05) is 12.1 Å². The third-order valence-corrected chi connectivity index (χ3v) is 3.98. The first-order chi connectivity index (χ1) is 13.0. The fourth-order valence-electron chi connectivity index (χ4n) is 1.92. The maximum atomic E-state index is 12.2. The van der Waals surface area contributed by atoms with Crippen molar-refractivity contribution in [2.24, 2.45) is 5.73 Å². The summed E-state index contributed by atoms with van der Waals surface area (Å²) in [5.41, 5.74) is 6.50. The van der Waals surface area contributed by atoms with Gasteiger partial charge in [-0.15, -0.1) is 0 Å². The number of benzene rings is 1. The van der Waals surface area contributed by atoms with Crippen molar-refractivity contribution < 1.29 is 37.4 Å². The minimum absolute atomic E-state index is 0.233. The summed E-state index contributed by atoms with van der Waals surface area (Å²) in [6.45, 7) is 4.53. The van der Waals surface area contributed by atoms with Crippen molar-refractivity contribution in [2.45, 2.75) is 26.1 Å².